The Morgan fingerprint density at radius 1 is 1.15 bits per heavy atom. The molecule has 4 nitrogen and oxygen atoms in total. The molecule has 1 saturated heterocycles. The van der Waals surface area contributed by atoms with Gasteiger partial charge in [0.25, 0.3) is 5.91 Å². The van der Waals surface area contributed by atoms with Gasteiger partial charge in [-0.3, -0.25) is 9.59 Å². The van der Waals surface area contributed by atoms with Gasteiger partial charge in [-0.2, -0.15) is 0 Å². The average molecular weight is 389 g/mol. The second kappa shape index (κ2) is 8.60. The third-order valence-electron chi connectivity index (χ3n) is 4.54. The summed E-state index contributed by atoms with van der Waals surface area (Å²) in [7, 11) is 0. The molecule has 26 heavy (non-hydrogen) atoms. The number of rotatable bonds is 4. The molecule has 1 N–H and O–H groups in total. The Kier molecular flexibility index (Phi) is 6.22. The zero-order chi connectivity index (χ0) is 18.5. The second-order valence-electron chi connectivity index (χ2n) is 6.29. The third-order valence-corrected chi connectivity index (χ3v) is 5.58. The molecule has 3 rings (SSSR count). The van der Waals surface area contributed by atoms with E-state index in [1.165, 1.54) is 0 Å². The number of likely N-dealkylation sites (tertiary alicyclic amines) is 1. The van der Waals surface area contributed by atoms with Gasteiger partial charge in [-0.05, 0) is 55.5 Å². The number of anilines is 1. The van der Waals surface area contributed by atoms with Crippen molar-refractivity contribution in [2.45, 2.75) is 17.7 Å². The first-order valence-corrected chi connectivity index (χ1v) is 10.2. The molecular formula is C20H21ClN2O2S. The molecule has 1 fully saturated rings. The van der Waals surface area contributed by atoms with Crippen molar-refractivity contribution in [3.63, 3.8) is 0 Å². The first kappa shape index (κ1) is 18.8. The Morgan fingerprint density at radius 3 is 2.62 bits per heavy atom. The second-order valence-corrected chi connectivity index (χ2v) is 7.57. The van der Waals surface area contributed by atoms with Crippen molar-refractivity contribution in [1.29, 1.82) is 0 Å². The lowest BCUT2D eigenvalue weighted by Gasteiger charge is -2.32. The predicted octanol–water partition coefficient (Wildman–Crippen LogP) is 4.55. The maximum atomic E-state index is 12.7. The van der Waals surface area contributed by atoms with E-state index in [2.05, 4.69) is 5.32 Å². The van der Waals surface area contributed by atoms with Crippen LogP contribution in [0.25, 0.3) is 0 Å². The molecule has 1 aliphatic heterocycles. The van der Waals surface area contributed by atoms with Crippen LogP contribution in [0, 0.1) is 5.92 Å². The number of hydrogen-bond acceptors (Lipinski definition) is 3. The molecule has 2 aromatic carbocycles. The topological polar surface area (TPSA) is 49.4 Å². The van der Waals surface area contributed by atoms with Gasteiger partial charge in [-0.15, -0.1) is 11.8 Å². The van der Waals surface area contributed by atoms with Gasteiger partial charge in [0, 0.05) is 28.6 Å². The van der Waals surface area contributed by atoms with E-state index in [1.54, 1.807) is 40.9 Å². The fraction of sp³-hybridized carbons (Fsp3) is 0.300. The van der Waals surface area contributed by atoms with E-state index in [1.807, 2.05) is 30.5 Å². The molecule has 136 valence electrons. The van der Waals surface area contributed by atoms with Crippen LogP contribution >= 0.6 is 23.4 Å². The summed E-state index contributed by atoms with van der Waals surface area (Å²) < 4.78 is 0. The summed E-state index contributed by atoms with van der Waals surface area (Å²) in [5.41, 5.74) is 1.43. The fourth-order valence-corrected chi connectivity index (χ4v) is 3.81. The number of thioether (sulfide) groups is 1. The lowest BCUT2D eigenvalue weighted by atomic mass is 9.96. The zero-order valence-electron chi connectivity index (χ0n) is 14.6. The molecule has 0 spiro atoms. The number of nitrogens with one attached hydrogen (secondary N) is 1. The van der Waals surface area contributed by atoms with Crippen molar-refractivity contribution < 1.29 is 9.59 Å². The first-order chi connectivity index (χ1) is 12.6. The summed E-state index contributed by atoms with van der Waals surface area (Å²) in [5.74, 6) is -0.279. The fourth-order valence-electron chi connectivity index (χ4n) is 3.13. The molecule has 1 unspecified atom stereocenters. The van der Waals surface area contributed by atoms with Crippen molar-refractivity contribution >= 4 is 40.9 Å². The summed E-state index contributed by atoms with van der Waals surface area (Å²) in [6, 6.07) is 14.6. The molecule has 0 aromatic heterocycles. The summed E-state index contributed by atoms with van der Waals surface area (Å²) in [5, 5.41) is 3.62. The zero-order valence-corrected chi connectivity index (χ0v) is 16.1. The third kappa shape index (κ3) is 4.40. The molecule has 1 heterocycles. The van der Waals surface area contributed by atoms with E-state index in [4.69, 9.17) is 11.6 Å². The maximum Gasteiger partial charge on any atom is 0.253 e. The van der Waals surface area contributed by atoms with Crippen LogP contribution in [0.15, 0.2) is 53.4 Å². The number of carbonyl (C=O) groups excluding carboxylic acids is 2. The van der Waals surface area contributed by atoms with Crippen LogP contribution in [0.4, 0.5) is 5.69 Å². The minimum absolute atomic E-state index is 0.0277. The highest BCUT2D eigenvalue weighted by atomic mass is 35.5. The predicted molar refractivity (Wildman–Crippen MR) is 107 cm³/mol. The average Bonchev–Trinajstić information content (AvgIpc) is 2.68. The number of nitrogens with zero attached hydrogens (tertiary/aromatic N) is 1. The Hall–Kier alpha value is -1.98. The van der Waals surface area contributed by atoms with Crippen molar-refractivity contribution in [2.75, 3.05) is 24.7 Å². The van der Waals surface area contributed by atoms with E-state index in [-0.39, 0.29) is 17.7 Å². The van der Waals surface area contributed by atoms with Gasteiger partial charge in [0.1, 0.15) is 0 Å². The summed E-state index contributed by atoms with van der Waals surface area (Å²) in [4.78, 5) is 28.2. The molecule has 0 saturated carbocycles. The molecule has 1 atom stereocenters. The molecular weight excluding hydrogens is 368 g/mol. The minimum atomic E-state index is -0.199. The molecule has 1 aliphatic rings. The maximum absolute atomic E-state index is 12.7. The molecule has 0 radical (unpaired) electrons. The SMILES string of the molecule is CSc1ccccc1NC(=O)C1CCCN(C(=O)c2ccc(Cl)cc2)C1. The van der Waals surface area contributed by atoms with E-state index in [0.717, 1.165) is 23.4 Å². The van der Waals surface area contributed by atoms with Crippen LogP contribution in [0.1, 0.15) is 23.2 Å². The summed E-state index contributed by atoms with van der Waals surface area (Å²) >= 11 is 7.49. The molecule has 2 amide bonds. The molecule has 6 heteroatoms. The van der Waals surface area contributed by atoms with Crippen molar-refractivity contribution in [1.82, 2.24) is 4.90 Å². The van der Waals surface area contributed by atoms with Gasteiger partial charge in [-0.1, -0.05) is 23.7 Å². The summed E-state index contributed by atoms with van der Waals surface area (Å²) in [6.07, 6.45) is 3.59. The number of para-hydroxylation sites is 1. The Bertz CT molecular complexity index is 795. The van der Waals surface area contributed by atoms with E-state index < -0.39 is 0 Å². The van der Waals surface area contributed by atoms with Crippen LogP contribution in [0.2, 0.25) is 5.02 Å². The first-order valence-electron chi connectivity index (χ1n) is 8.57. The number of benzene rings is 2. The number of piperidine rings is 1. The normalized spacial score (nSPS) is 17.0. The van der Waals surface area contributed by atoms with Gasteiger partial charge in [0.05, 0.1) is 11.6 Å². The molecule has 0 bridgehead atoms. The van der Waals surface area contributed by atoms with Crippen LogP contribution < -0.4 is 5.32 Å². The highest BCUT2D eigenvalue weighted by Crippen LogP contribution is 2.26. The van der Waals surface area contributed by atoms with Crippen molar-refractivity contribution in [3.8, 4) is 0 Å². The van der Waals surface area contributed by atoms with Crippen LogP contribution in [-0.2, 0) is 4.79 Å². The minimum Gasteiger partial charge on any atom is -0.338 e. The van der Waals surface area contributed by atoms with E-state index in [0.29, 0.717) is 23.7 Å². The molecule has 2 aromatic rings. The lowest BCUT2D eigenvalue weighted by Crippen LogP contribution is -2.43. The molecule has 0 aliphatic carbocycles. The quantitative estimate of drug-likeness (QED) is 0.781. The monoisotopic (exact) mass is 388 g/mol. The Balaban J connectivity index is 1.66. The van der Waals surface area contributed by atoms with Gasteiger partial charge in [-0.25, -0.2) is 0 Å². The van der Waals surface area contributed by atoms with E-state index >= 15 is 0 Å². The van der Waals surface area contributed by atoms with Crippen LogP contribution in [0.3, 0.4) is 0 Å². The van der Waals surface area contributed by atoms with E-state index in [9.17, 15) is 9.59 Å². The number of halogens is 1. The lowest BCUT2D eigenvalue weighted by molar-refractivity contribution is -0.121. The number of carbonyl (C=O) groups is 2. The smallest absolute Gasteiger partial charge is 0.253 e. The van der Waals surface area contributed by atoms with Crippen LogP contribution in [0.5, 0.6) is 0 Å². The van der Waals surface area contributed by atoms with Gasteiger partial charge in [0.2, 0.25) is 5.91 Å². The highest BCUT2D eigenvalue weighted by Gasteiger charge is 2.29. The standard InChI is InChI=1S/C20H21ClN2O2S/c1-26-18-7-3-2-6-17(18)22-19(24)15-5-4-12-23(13-15)20(25)14-8-10-16(21)11-9-14/h2-3,6-11,15H,4-5,12-13H2,1H3,(H,22,24). The Morgan fingerprint density at radius 2 is 1.88 bits per heavy atom. The number of hydrogen-bond donors (Lipinski definition) is 1. The number of amides is 2. The van der Waals surface area contributed by atoms with Gasteiger partial charge in [0.15, 0.2) is 0 Å². The van der Waals surface area contributed by atoms with Crippen molar-refractivity contribution in [3.05, 3.63) is 59.1 Å². The largest absolute Gasteiger partial charge is 0.338 e. The highest BCUT2D eigenvalue weighted by molar-refractivity contribution is 7.98. The van der Waals surface area contributed by atoms with Crippen molar-refractivity contribution in [2.24, 2.45) is 5.92 Å². The summed E-state index contributed by atoms with van der Waals surface area (Å²) in [6.45, 7) is 1.11. The van der Waals surface area contributed by atoms with Gasteiger partial charge < -0.3 is 10.2 Å². The van der Waals surface area contributed by atoms with Gasteiger partial charge >= 0.3 is 0 Å². The van der Waals surface area contributed by atoms with Crippen LogP contribution in [-0.4, -0.2) is 36.1 Å². The Labute approximate surface area is 162 Å².